The molecule has 2 rings (SSSR count). The summed E-state index contributed by atoms with van der Waals surface area (Å²) in [5.41, 5.74) is 0.167. The smallest absolute Gasteiger partial charge is 0.296 e. The van der Waals surface area contributed by atoms with E-state index in [1.807, 2.05) is 0 Å². The summed E-state index contributed by atoms with van der Waals surface area (Å²) in [7, 11) is 0. The third-order valence-electron chi connectivity index (χ3n) is 2.18. The zero-order valence-electron chi connectivity index (χ0n) is 8.75. The molecular formula is C10H10N4O3. The summed E-state index contributed by atoms with van der Waals surface area (Å²) in [6, 6.07) is 3.94. The molecule has 0 spiro atoms. The predicted octanol–water partition coefficient (Wildman–Crippen LogP) is 1.64. The average Bonchev–Trinajstić information content (AvgIpc) is 2.80. The highest BCUT2D eigenvalue weighted by Crippen LogP contribution is 2.28. The normalized spacial score (nSPS) is 10.1. The molecule has 0 atom stereocenters. The van der Waals surface area contributed by atoms with Crippen LogP contribution in [-0.4, -0.2) is 20.0 Å². The Bertz CT molecular complexity index is 524. The van der Waals surface area contributed by atoms with Gasteiger partial charge in [0, 0.05) is 12.4 Å². The third kappa shape index (κ3) is 2.51. The second kappa shape index (κ2) is 4.52. The van der Waals surface area contributed by atoms with Crippen molar-refractivity contribution in [1.29, 1.82) is 0 Å². The molecule has 17 heavy (non-hydrogen) atoms. The van der Waals surface area contributed by atoms with Crippen LogP contribution in [0.4, 0.5) is 11.4 Å². The van der Waals surface area contributed by atoms with Crippen LogP contribution in [0.3, 0.4) is 0 Å². The molecule has 3 N–H and O–H groups in total. The maximum atomic E-state index is 10.8. The van der Waals surface area contributed by atoms with Gasteiger partial charge in [-0.2, -0.15) is 0 Å². The Morgan fingerprint density at radius 1 is 1.53 bits per heavy atom. The van der Waals surface area contributed by atoms with E-state index in [0.29, 0.717) is 18.1 Å². The molecule has 88 valence electrons. The SMILES string of the molecule is O=[N+]([O-])c1cc(O)ccc1NCc1ncc[nH]1. The molecular weight excluding hydrogens is 224 g/mol. The maximum absolute atomic E-state index is 10.8. The van der Waals surface area contributed by atoms with Crippen LogP contribution in [0.15, 0.2) is 30.6 Å². The van der Waals surface area contributed by atoms with Crippen LogP contribution in [0.25, 0.3) is 0 Å². The van der Waals surface area contributed by atoms with Crippen molar-refractivity contribution in [3.63, 3.8) is 0 Å². The topological polar surface area (TPSA) is 104 Å². The fourth-order valence-corrected chi connectivity index (χ4v) is 1.39. The Balaban J connectivity index is 2.17. The molecule has 0 aliphatic heterocycles. The number of nitro groups is 1. The predicted molar refractivity (Wildman–Crippen MR) is 60.7 cm³/mol. The molecule has 2 aromatic rings. The number of nitrogens with zero attached hydrogens (tertiary/aromatic N) is 2. The van der Waals surface area contributed by atoms with Crippen molar-refractivity contribution in [3.05, 3.63) is 46.5 Å². The van der Waals surface area contributed by atoms with E-state index in [-0.39, 0.29) is 11.4 Å². The van der Waals surface area contributed by atoms with Crippen LogP contribution in [-0.2, 0) is 6.54 Å². The van der Waals surface area contributed by atoms with Crippen molar-refractivity contribution in [2.24, 2.45) is 0 Å². The van der Waals surface area contributed by atoms with Gasteiger partial charge in [-0.25, -0.2) is 4.98 Å². The number of aromatic amines is 1. The molecule has 0 radical (unpaired) electrons. The minimum atomic E-state index is -0.551. The van der Waals surface area contributed by atoms with Crippen molar-refractivity contribution in [1.82, 2.24) is 9.97 Å². The summed E-state index contributed by atoms with van der Waals surface area (Å²) >= 11 is 0. The quantitative estimate of drug-likeness (QED) is 0.423. The van der Waals surface area contributed by atoms with Gasteiger partial charge in [-0.05, 0) is 12.1 Å². The van der Waals surface area contributed by atoms with Crippen LogP contribution in [0.5, 0.6) is 5.75 Å². The first-order valence-corrected chi connectivity index (χ1v) is 4.86. The molecule has 1 aromatic heterocycles. The fraction of sp³-hybridized carbons (Fsp3) is 0.100. The Hall–Kier alpha value is -2.57. The van der Waals surface area contributed by atoms with Crippen LogP contribution >= 0.6 is 0 Å². The number of nitrogens with one attached hydrogen (secondary N) is 2. The van der Waals surface area contributed by atoms with E-state index in [9.17, 15) is 15.2 Å². The minimum absolute atomic E-state index is 0.139. The van der Waals surface area contributed by atoms with Gasteiger partial charge in [-0.1, -0.05) is 0 Å². The molecule has 0 amide bonds. The Morgan fingerprint density at radius 3 is 3.00 bits per heavy atom. The molecule has 7 nitrogen and oxygen atoms in total. The molecule has 0 fully saturated rings. The lowest BCUT2D eigenvalue weighted by molar-refractivity contribution is -0.384. The average molecular weight is 234 g/mol. The summed E-state index contributed by atoms with van der Waals surface area (Å²) in [6.07, 6.45) is 3.27. The highest BCUT2D eigenvalue weighted by Gasteiger charge is 2.14. The zero-order chi connectivity index (χ0) is 12.3. The third-order valence-corrected chi connectivity index (χ3v) is 2.18. The lowest BCUT2D eigenvalue weighted by atomic mass is 10.2. The standard InChI is InChI=1S/C10H10N4O3/c15-7-1-2-8(9(5-7)14(16)17)13-6-10-11-3-4-12-10/h1-5,13,15H,6H2,(H,11,12). The summed E-state index contributed by atoms with van der Waals surface area (Å²) in [4.78, 5) is 17.1. The molecule has 7 heteroatoms. The Labute approximate surface area is 96.3 Å². The highest BCUT2D eigenvalue weighted by molar-refractivity contribution is 5.63. The Morgan fingerprint density at radius 2 is 2.35 bits per heavy atom. The van der Waals surface area contributed by atoms with Crippen molar-refractivity contribution in [2.45, 2.75) is 6.54 Å². The van der Waals surface area contributed by atoms with Gasteiger partial charge in [0.25, 0.3) is 5.69 Å². The van der Waals surface area contributed by atoms with Crippen LogP contribution in [0.2, 0.25) is 0 Å². The fourth-order valence-electron chi connectivity index (χ4n) is 1.39. The van der Waals surface area contributed by atoms with E-state index in [0.717, 1.165) is 6.07 Å². The number of phenolic OH excluding ortho intramolecular Hbond substituents is 1. The van der Waals surface area contributed by atoms with Gasteiger partial charge in [0.1, 0.15) is 17.3 Å². The van der Waals surface area contributed by atoms with Gasteiger partial charge in [0.15, 0.2) is 0 Å². The number of phenols is 1. The van der Waals surface area contributed by atoms with E-state index < -0.39 is 4.92 Å². The van der Waals surface area contributed by atoms with Gasteiger partial charge in [-0.3, -0.25) is 10.1 Å². The highest BCUT2D eigenvalue weighted by atomic mass is 16.6. The van der Waals surface area contributed by atoms with Gasteiger partial charge < -0.3 is 15.4 Å². The summed E-state index contributed by atoms with van der Waals surface area (Å²) in [6.45, 7) is 0.346. The van der Waals surface area contributed by atoms with E-state index in [1.54, 1.807) is 12.4 Å². The summed E-state index contributed by atoms with van der Waals surface area (Å²) < 4.78 is 0. The van der Waals surface area contributed by atoms with E-state index >= 15 is 0 Å². The number of rotatable bonds is 4. The van der Waals surface area contributed by atoms with Crippen LogP contribution in [0.1, 0.15) is 5.82 Å². The van der Waals surface area contributed by atoms with Gasteiger partial charge in [0.2, 0.25) is 0 Å². The second-order valence-corrected chi connectivity index (χ2v) is 3.35. The number of hydrogen-bond donors (Lipinski definition) is 3. The number of aromatic hydroxyl groups is 1. The van der Waals surface area contributed by atoms with Crippen molar-refractivity contribution < 1.29 is 10.0 Å². The van der Waals surface area contributed by atoms with Crippen molar-refractivity contribution >= 4 is 11.4 Å². The van der Waals surface area contributed by atoms with Crippen LogP contribution in [0, 0.1) is 10.1 Å². The lowest BCUT2D eigenvalue weighted by Gasteiger charge is -2.05. The number of hydrogen-bond acceptors (Lipinski definition) is 5. The number of benzene rings is 1. The lowest BCUT2D eigenvalue weighted by Crippen LogP contribution is -2.03. The minimum Gasteiger partial charge on any atom is -0.508 e. The largest absolute Gasteiger partial charge is 0.508 e. The van der Waals surface area contributed by atoms with E-state index in [1.165, 1.54) is 12.1 Å². The first-order chi connectivity index (χ1) is 8.16. The molecule has 0 saturated carbocycles. The first kappa shape index (κ1) is 10.9. The van der Waals surface area contributed by atoms with E-state index in [4.69, 9.17) is 0 Å². The number of imidazole rings is 1. The Kier molecular flexibility index (Phi) is 2.91. The number of aromatic nitrogens is 2. The second-order valence-electron chi connectivity index (χ2n) is 3.35. The van der Waals surface area contributed by atoms with Gasteiger partial charge in [-0.15, -0.1) is 0 Å². The number of nitro benzene ring substituents is 1. The molecule has 0 aliphatic rings. The number of anilines is 1. The van der Waals surface area contributed by atoms with Crippen molar-refractivity contribution in [3.8, 4) is 5.75 Å². The zero-order valence-corrected chi connectivity index (χ0v) is 8.75. The maximum Gasteiger partial charge on any atom is 0.296 e. The van der Waals surface area contributed by atoms with Gasteiger partial charge >= 0.3 is 0 Å². The molecule has 1 aromatic carbocycles. The van der Waals surface area contributed by atoms with Crippen LogP contribution < -0.4 is 5.32 Å². The molecule has 0 saturated heterocycles. The first-order valence-electron chi connectivity index (χ1n) is 4.86. The number of H-pyrrole nitrogens is 1. The monoisotopic (exact) mass is 234 g/mol. The molecule has 0 bridgehead atoms. The summed E-state index contributed by atoms with van der Waals surface area (Å²) in [5.74, 6) is 0.535. The summed E-state index contributed by atoms with van der Waals surface area (Å²) in [5, 5.41) is 22.8. The molecule has 1 heterocycles. The van der Waals surface area contributed by atoms with E-state index in [2.05, 4.69) is 15.3 Å². The van der Waals surface area contributed by atoms with Crippen molar-refractivity contribution in [2.75, 3.05) is 5.32 Å². The molecule has 0 unspecified atom stereocenters. The molecule has 0 aliphatic carbocycles. The van der Waals surface area contributed by atoms with Gasteiger partial charge in [0.05, 0.1) is 17.5 Å².